The quantitative estimate of drug-likeness (QED) is 0.868. The third-order valence-corrected chi connectivity index (χ3v) is 4.31. The van der Waals surface area contributed by atoms with E-state index in [0.29, 0.717) is 11.3 Å². The van der Waals surface area contributed by atoms with E-state index in [2.05, 4.69) is 50.8 Å². The normalized spacial score (nSPS) is 23.2. The van der Waals surface area contributed by atoms with E-state index in [4.69, 9.17) is 5.73 Å². The van der Waals surface area contributed by atoms with Gasteiger partial charge in [0.15, 0.2) is 0 Å². The highest BCUT2D eigenvalue weighted by Crippen LogP contribution is 2.36. The van der Waals surface area contributed by atoms with Crippen molar-refractivity contribution < 1.29 is 0 Å². The predicted molar refractivity (Wildman–Crippen MR) is 79.1 cm³/mol. The Kier molecular flexibility index (Phi) is 3.67. The number of hydrogen-bond acceptors (Lipinski definition) is 2. The molecule has 0 saturated carbocycles. The van der Waals surface area contributed by atoms with Gasteiger partial charge in [0.25, 0.3) is 0 Å². The van der Waals surface area contributed by atoms with E-state index in [1.54, 1.807) is 0 Å². The number of piperidine rings is 1. The third-order valence-electron chi connectivity index (χ3n) is 4.31. The van der Waals surface area contributed by atoms with Crippen LogP contribution in [0.3, 0.4) is 0 Å². The molecule has 1 unspecified atom stereocenters. The maximum Gasteiger partial charge on any atom is 0.0371 e. The fourth-order valence-corrected chi connectivity index (χ4v) is 3.19. The van der Waals surface area contributed by atoms with Gasteiger partial charge in [0.2, 0.25) is 0 Å². The van der Waals surface area contributed by atoms with Gasteiger partial charge in [0.05, 0.1) is 0 Å². The second-order valence-electron chi connectivity index (χ2n) is 6.48. The van der Waals surface area contributed by atoms with E-state index in [-0.39, 0.29) is 0 Å². The van der Waals surface area contributed by atoms with Gasteiger partial charge in [-0.2, -0.15) is 0 Å². The Morgan fingerprint density at radius 2 is 1.83 bits per heavy atom. The fourth-order valence-electron chi connectivity index (χ4n) is 3.19. The number of rotatable bonds is 2. The molecule has 18 heavy (non-hydrogen) atoms. The first-order chi connectivity index (χ1) is 8.42. The summed E-state index contributed by atoms with van der Waals surface area (Å²) in [4.78, 5) is 2.52. The van der Waals surface area contributed by atoms with Crippen LogP contribution in [0.5, 0.6) is 0 Å². The summed E-state index contributed by atoms with van der Waals surface area (Å²) >= 11 is 0. The van der Waals surface area contributed by atoms with Gasteiger partial charge in [-0.05, 0) is 61.4 Å². The number of nitrogens with zero attached hydrogens (tertiary/aromatic N) is 1. The topological polar surface area (TPSA) is 29.3 Å². The van der Waals surface area contributed by atoms with Crippen LogP contribution < -0.4 is 10.6 Å². The Balaban J connectivity index is 2.20. The Morgan fingerprint density at radius 3 is 2.33 bits per heavy atom. The Labute approximate surface area is 111 Å². The smallest absolute Gasteiger partial charge is 0.0371 e. The average molecular weight is 246 g/mol. The van der Waals surface area contributed by atoms with Gasteiger partial charge in [-0.3, -0.25) is 0 Å². The van der Waals surface area contributed by atoms with Crippen LogP contribution in [0.4, 0.5) is 5.69 Å². The molecule has 0 bridgehead atoms. The molecule has 1 aliphatic rings. The number of hydrogen-bond donors (Lipinski definition) is 1. The van der Waals surface area contributed by atoms with Crippen LogP contribution >= 0.6 is 0 Å². The van der Waals surface area contributed by atoms with Crippen LogP contribution in [0, 0.1) is 25.2 Å². The second-order valence-corrected chi connectivity index (χ2v) is 6.48. The summed E-state index contributed by atoms with van der Waals surface area (Å²) in [5.74, 6) is 0.652. The minimum atomic E-state index is 0.310. The minimum Gasteiger partial charge on any atom is -0.371 e. The van der Waals surface area contributed by atoms with Crippen molar-refractivity contribution in [2.24, 2.45) is 17.1 Å². The maximum absolute atomic E-state index is 5.89. The molecule has 2 nitrogen and oxygen atoms in total. The zero-order valence-electron chi connectivity index (χ0n) is 12.2. The second kappa shape index (κ2) is 4.93. The van der Waals surface area contributed by atoms with Crippen molar-refractivity contribution in [2.75, 3.05) is 24.5 Å². The molecule has 0 radical (unpaired) electrons. The summed E-state index contributed by atoms with van der Waals surface area (Å²) in [6.45, 7) is 12.1. The van der Waals surface area contributed by atoms with Crippen LogP contribution in [0.15, 0.2) is 18.2 Å². The van der Waals surface area contributed by atoms with Gasteiger partial charge >= 0.3 is 0 Å². The highest BCUT2D eigenvalue weighted by Gasteiger charge is 2.34. The van der Waals surface area contributed by atoms with Crippen molar-refractivity contribution >= 4 is 5.69 Å². The van der Waals surface area contributed by atoms with Crippen molar-refractivity contribution in [1.82, 2.24) is 0 Å². The monoisotopic (exact) mass is 246 g/mol. The van der Waals surface area contributed by atoms with Gasteiger partial charge < -0.3 is 10.6 Å². The fraction of sp³-hybridized carbons (Fsp3) is 0.625. The number of anilines is 1. The van der Waals surface area contributed by atoms with Gasteiger partial charge in [-0.25, -0.2) is 0 Å². The highest BCUT2D eigenvalue weighted by atomic mass is 15.1. The summed E-state index contributed by atoms with van der Waals surface area (Å²) in [5.41, 5.74) is 10.3. The summed E-state index contributed by atoms with van der Waals surface area (Å²) in [7, 11) is 0. The lowest BCUT2D eigenvalue weighted by Crippen LogP contribution is -2.48. The van der Waals surface area contributed by atoms with Gasteiger partial charge in [0, 0.05) is 18.8 Å². The molecular weight excluding hydrogens is 220 g/mol. The van der Waals surface area contributed by atoms with E-state index in [9.17, 15) is 0 Å². The molecule has 1 aliphatic heterocycles. The first kappa shape index (κ1) is 13.4. The maximum atomic E-state index is 5.89. The van der Waals surface area contributed by atoms with Crippen LogP contribution in [0.2, 0.25) is 0 Å². The molecule has 0 aromatic heterocycles. The van der Waals surface area contributed by atoms with Crippen molar-refractivity contribution in [2.45, 2.75) is 34.1 Å². The molecule has 2 heteroatoms. The third kappa shape index (κ3) is 2.69. The van der Waals surface area contributed by atoms with Crippen molar-refractivity contribution in [3.8, 4) is 0 Å². The van der Waals surface area contributed by atoms with Crippen molar-refractivity contribution in [3.05, 3.63) is 29.3 Å². The molecule has 1 saturated heterocycles. The zero-order chi connectivity index (χ0) is 13.3. The summed E-state index contributed by atoms with van der Waals surface area (Å²) in [5, 5.41) is 0. The molecule has 0 aliphatic carbocycles. The molecule has 2 N–H and O–H groups in total. The lowest BCUT2D eigenvalue weighted by Gasteiger charge is -2.45. The number of aryl methyl sites for hydroxylation is 2. The molecule has 2 rings (SSSR count). The largest absolute Gasteiger partial charge is 0.371 e. The number of nitrogens with two attached hydrogens (primary N) is 1. The first-order valence-electron chi connectivity index (χ1n) is 6.96. The molecule has 1 heterocycles. The molecule has 1 atom stereocenters. The van der Waals surface area contributed by atoms with Crippen LogP contribution in [-0.4, -0.2) is 19.6 Å². The lowest BCUT2D eigenvalue weighted by atomic mass is 9.74. The lowest BCUT2D eigenvalue weighted by molar-refractivity contribution is 0.182. The molecule has 1 fully saturated rings. The van der Waals surface area contributed by atoms with Crippen molar-refractivity contribution in [1.29, 1.82) is 0 Å². The molecule has 1 aromatic carbocycles. The average Bonchev–Trinajstić information content (AvgIpc) is 2.26. The standard InChI is InChI=1S/C16H26N2/c1-12-7-13(2)9-15(8-12)18-6-5-14(10-17)16(3,4)11-18/h7-9,14H,5-6,10-11,17H2,1-4H3. The van der Waals surface area contributed by atoms with Gasteiger partial charge in [-0.1, -0.05) is 19.9 Å². The van der Waals surface area contributed by atoms with E-state index in [1.165, 1.54) is 23.2 Å². The minimum absolute atomic E-state index is 0.310. The number of benzene rings is 1. The molecule has 0 spiro atoms. The highest BCUT2D eigenvalue weighted by molar-refractivity contribution is 5.51. The van der Waals surface area contributed by atoms with Crippen LogP contribution in [0.1, 0.15) is 31.4 Å². The Morgan fingerprint density at radius 1 is 1.22 bits per heavy atom. The van der Waals surface area contributed by atoms with E-state index in [1.807, 2.05) is 0 Å². The molecular formula is C16H26N2. The summed E-state index contributed by atoms with van der Waals surface area (Å²) < 4.78 is 0. The Hall–Kier alpha value is -1.02. The van der Waals surface area contributed by atoms with E-state index < -0.39 is 0 Å². The van der Waals surface area contributed by atoms with E-state index >= 15 is 0 Å². The van der Waals surface area contributed by atoms with Crippen LogP contribution in [-0.2, 0) is 0 Å². The van der Waals surface area contributed by atoms with Crippen molar-refractivity contribution in [3.63, 3.8) is 0 Å². The van der Waals surface area contributed by atoms with Gasteiger partial charge in [0.1, 0.15) is 0 Å². The summed E-state index contributed by atoms with van der Waals surface area (Å²) in [6, 6.07) is 6.83. The molecule has 0 amide bonds. The first-order valence-corrected chi connectivity index (χ1v) is 6.96. The predicted octanol–water partition coefficient (Wildman–Crippen LogP) is 3.11. The van der Waals surface area contributed by atoms with Gasteiger partial charge in [-0.15, -0.1) is 0 Å². The van der Waals surface area contributed by atoms with E-state index in [0.717, 1.165) is 19.6 Å². The SMILES string of the molecule is Cc1cc(C)cc(N2CCC(CN)C(C)(C)C2)c1. The Bertz CT molecular complexity index is 403. The van der Waals surface area contributed by atoms with Crippen LogP contribution in [0.25, 0.3) is 0 Å². The molecule has 100 valence electrons. The zero-order valence-corrected chi connectivity index (χ0v) is 12.2. The molecule has 1 aromatic rings. The summed E-state index contributed by atoms with van der Waals surface area (Å²) in [6.07, 6.45) is 1.20.